The molecule has 0 saturated carbocycles. The number of carbonyl (C=O) groups is 2. The molecular weight excluding hydrogens is 518 g/mol. The fourth-order valence-corrected chi connectivity index (χ4v) is 5.31. The number of allylic oxidation sites excluding steroid dienone is 2. The number of anilines is 1. The lowest BCUT2D eigenvalue weighted by molar-refractivity contribution is -0.142. The van der Waals surface area contributed by atoms with Crippen molar-refractivity contribution in [3.63, 3.8) is 0 Å². The normalized spacial score (nSPS) is 15.3. The van der Waals surface area contributed by atoms with Gasteiger partial charge in [-0.05, 0) is 61.9 Å². The number of carbonyl (C=O) groups excluding carboxylic acids is 2. The van der Waals surface area contributed by atoms with Crippen LogP contribution in [0.15, 0.2) is 78.9 Å². The summed E-state index contributed by atoms with van der Waals surface area (Å²) in [6.45, 7) is 2.27. The number of para-hydroxylation sites is 1. The van der Waals surface area contributed by atoms with Crippen molar-refractivity contribution in [3.05, 3.63) is 90.0 Å². The van der Waals surface area contributed by atoms with E-state index in [1.807, 2.05) is 55.5 Å². The summed E-state index contributed by atoms with van der Waals surface area (Å²) in [5.41, 5.74) is 4.06. The van der Waals surface area contributed by atoms with Gasteiger partial charge in [-0.15, -0.1) is 5.10 Å². The lowest BCUT2D eigenvalue weighted by Crippen LogP contribution is -2.52. The summed E-state index contributed by atoms with van der Waals surface area (Å²) in [4.78, 5) is 30.1. The van der Waals surface area contributed by atoms with Gasteiger partial charge in [0.05, 0.1) is 25.4 Å². The number of aryl methyl sites for hydroxylation is 1. The van der Waals surface area contributed by atoms with Gasteiger partial charge < -0.3 is 19.7 Å². The Kier molecular flexibility index (Phi) is 8.62. The predicted octanol–water partition coefficient (Wildman–Crippen LogP) is 5.15. The lowest BCUT2D eigenvalue weighted by Gasteiger charge is -2.37. The van der Waals surface area contributed by atoms with E-state index in [4.69, 9.17) is 9.47 Å². The van der Waals surface area contributed by atoms with E-state index in [-0.39, 0.29) is 30.8 Å². The molecule has 9 heteroatoms. The molecule has 2 unspecified atom stereocenters. The number of benzene rings is 3. The van der Waals surface area contributed by atoms with E-state index in [9.17, 15) is 9.59 Å². The van der Waals surface area contributed by atoms with E-state index in [0.717, 1.165) is 29.5 Å². The van der Waals surface area contributed by atoms with Crippen molar-refractivity contribution in [3.8, 4) is 11.5 Å². The highest BCUT2D eigenvalue weighted by atomic mass is 16.5. The second kappa shape index (κ2) is 12.7. The molecule has 0 saturated heterocycles. The number of rotatable bonds is 10. The molecular formula is C32H35N5O4. The third-order valence-electron chi connectivity index (χ3n) is 7.53. The van der Waals surface area contributed by atoms with Crippen molar-refractivity contribution in [1.29, 1.82) is 0 Å². The second-order valence-corrected chi connectivity index (χ2v) is 10.3. The lowest BCUT2D eigenvalue weighted by atomic mass is 9.85. The zero-order valence-corrected chi connectivity index (χ0v) is 23.6. The molecule has 1 aromatic heterocycles. The standard InChI is InChI=1S/C32H35N5O4/c1-22-13-15-23(16-14-22)20-36(30(38)21-37-28-12-8-7-11-26(28)34-35-37)31(24-9-5-4-6-10-24)32(39)33-27-18-17-25(40-2)19-29(27)41-3/h4-5,7-8,11-19,24,31H,6,9-10,20-21H2,1-3H3,(H,33,39). The zero-order valence-electron chi connectivity index (χ0n) is 23.6. The van der Waals surface area contributed by atoms with Crippen molar-refractivity contribution in [1.82, 2.24) is 19.9 Å². The van der Waals surface area contributed by atoms with Crippen LogP contribution in [-0.2, 0) is 22.7 Å². The topological polar surface area (TPSA) is 98.6 Å². The molecule has 41 heavy (non-hydrogen) atoms. The number of nitrogens with one attached hydrogen (secondary N) is 1. The molecule has 0 bridgehead atoms. The first-order valence-corrected chi connectivity index (χ1v) is 13.8. The van der Waals surface area contributed by atoms with E-state index in [0.29, 0.717) is 29.1 Å². The van der Waals surface area contributed by atoms with Gasteiger partial charge in [0, 0.05) is 12.6 Å². The molecule has 0 spiro atoms. The van der Waals surface area contributed by atoms with Gasteiger partial charge in [0.25, 0.3) is 0 Å². The monoisotopic (exact) mass is 553 g/mol. The Morgan fingerprint density at radius 3 is 2.59 bits per heavy atom. The van der Waals surface area contributed by atoms with Crippen molar-refractivity contribution in [2.24, 2.45) is 5.92 Å². The fourth-order valence-electron chi connectivity index (χ4n) is 5.31. The highest BCUT2D eigenvalue weighted by Crippen LogP contribution is 2.32. The third-order valence-corrected chi connectivity index (χ3v) is 7.53. The molecule has 3 aromatic carbocycles. The Morgan fingerprint density at radius 2 is 1.85 bits per heavy atom. The minimum Gasteiger partial charge on any atom is -0.497 e. The number of ether oxygens (including phenoxy) is 2. The van der Waals surface area contributed by atoms with Crippen LogP contribution in [0, 0.1) is 12.8 Å². The number of fused-ring (bicyclic) bond motifs is 1. The Hall–Kier alpha value is -4.66. The maximum absolute atomic E-state index is 14.2. The largest absolute Gasteiger partial charge is 0.497 e. The number of aromatic nitrogens is 3. The van der Waals surface area contributed by atoms with Crippen LogP contribution in [0.3, 0.4) is 0 Å². The smallest absolute Gasteiger partial charge is 0.247 e. The minimum atomic E-state index is -0.727. The summed E-state index contributed by atoms with van der Waals surface area (Å²) >= 11 is 0. The van der Waals surface area contributed by atoms with E-state index >= 15 is 0 Å². The van der Waals surface area contributed by atoms with E-state index < -0.39 is 6.04 Å². The summed E-state index contributed by atoms with van der Waals surface area (Å²) in [6.07, 6.45) is 6.56. The van der Waals surface area contributed by atoms with Crippen LogP contribution in [0.5, 0.6) is 11.5 Å². The first kappa shape index (κ1) is 27.9. The predicted molar refractivity (Wildman–Crippen MR) is 158 cm³/mol. The molecule has 4 aromatic rings. The number of nitrogens with zero attached hydrogens (tertiary/aromatic N) is 4. The Morgan fingerprint density at radius 1 is 1.05 bits per heavy atom. The summed E-state index contributed by atoms with van der Waals surface area (Å²) < 4.78 is 12.5. The van der Waals surface area contributed by atoms with Crippen LogP contribution in [0.1, 0.15) is 30.4 Å². The number of methoxy groups -OCH3 is 2. The molecule has 1 heterocycles. The van der Waals surface area contributed by atoms with Crippen molar-refractivity contribution in [2.75, 3.05) is 19.5 Å². The summed E-state index contributed by atoms with van der Waals surface area (Å²) in [6, 6.07) is 20.1. The maximum Gasteiger partial charge on any atom is 0.247 e. The zero-order chi connectivity index (χ0) is 28.8. The van der Waals surface area contributed by atoms with Crippen LogP contribution < -0.4 is 14.8 Å². The van der Waals surface area contributed by atoms with Crippen molar-refractivity contribution >= 4 is 28.5 Å². The molecule has 2 atom stereocenters. The number of hydrogen-bond acceptors (Lipinski definition) is 6. The highest BCUT2D eigenvalue weighted by molar-refractivity contribution is 5.98. The van der Waals surface area contributed by atoms with Crippen LogP contribution >= 0.6 is 0 Å². The SMILES string of the molecule is COc1ccc(NC(=O)C(C2CC=CCC2)N(Cc2ccc(C)cc2)C(=O)Cn2nnc3ccccc32)c(OC)c1. The average molecular weight is 554 g/mol. The van der Waals surface area contributed by atoms with Gasteiger partial charge in [-0.2, -0.15) is 0 Å². The van der Waals surface area contributed by atoms with Crippen molar-refractivity contribution < 1.29 is 19.1 Å². The summed E-state index contributed by atoms with van der Waals surface area (Å²) in [5, 5.41) is 11.5. The van der Waals surface area contributed by atoms with Crippen LogP contribution in [0.2, 0.25) is 0 Å². The van der Waals surface area contributed by atoms with Gasteiger partial charge in [0.2, 0.25) is 11.8 Å². The van der Waals surface area contributed by atoms with Crippen LogP contribution in [0.25, 0.3) is 11.0 Å². The third kappa shape index (κ3) is 6.40. The van der Waals surface area contributed by atoms with Gasteiger partial charge in [-0.25, -0.2) is 4.68 Å². The van der Waals surface area contributed by atoms with Gasteiger partial charge in [-0.1, -0.05) is 59.3 Å². The summed E-state index contributed by atoms with van der Waals surface area (Å²) in [7, 11) is 3.12. The van der Waals surface area contributed by atoms with Gasteiger partial charge in [0.15, 0.2) is 0 Å². The van der Waals surface area contributed by atoms with Crippen LogP contribution in [0.4, 0.5) is 5.69 Å². The molecule has 212 valence electrons. The van der Waals surface area contributed by atoms with E-state index in [1.54, 1.807) is 42.0 Å². The Balaban J connectivity index is 1.51. The molecule has 0 fully saturated rings. The van der Waals surface area contributed by atoms with E-state index in [2.05, 4.69) is 27.8 Å². The number of hydrogen-bond donors (Lipinski definition) is 1. The van der Waals surface area contributed by atoms with Gasteiger partial charge >= 0.3 is 0 Å². The first-order chi connectivity index (χ1) is 20.0. The summed E-state index contributed by atoms with van der Waals surface area (Å²) in [5.74, 6) is 0.553. The second-order valence-electron chi connectivity index (χ2n) is 10.3. The highest BCUT2D eigenvalue weighted by Gasteiger charge is 2.37. The van der Waals surface area contributed by atoms with Crippen LogP contribution in [-0.4, -0.2) is 52.0 Å². The van der Waals surface area contributed by atoms with E-state index in [1.165, 1.54) is 0 Å². The molecule has 1 aliphatic carbocycles. The first-order valence-electron chi connectivity index (χ1n) is 13.8. The molecule has 1 aliphatic rings. The minimum absolute atomic E-state index is 0.0371. The fraction of sp³-hybridized carbons (Fsp3) is 0.312. The molecule has 0 radical (unpaired) electrons. The average Bonchev–Trinajstić information content (AvgIpc) is 3.41. The molecule has 1 N–H and O–H groups in total. The molecule has 9 nitrogen and oxygen atoms in total. The van der Waals surface area contributed by atoms with Gasteiger partial charge in [0.1, 0.15) is 29.6 Å². The maximum atomic E-state index is 14.2. The van der Waals surface area contributed by atoms with Crippen molar-refractivity contribution in [2.45, 2.75) is 45.3 Å². The van der Waals surface area contributed by atoms with Gasteiger partial charge in [-0.3, -0.25) is 9.59 Å². The molecule has 2 amide bonds. The Labute approximate surface area is 239 Å². The Bertz CT molecular complexity index is 1550. The molecule has 0 aliphatic heterocycles. The number of amides is 2. The quantitative estimate of drug-likeness (QED) is 0.273. The molecule has 5 rings (SSSR count).